The van der Waals surface area contributed by atoms with Crippen molar-refractivity contribution in [3.63, 3.8) is 0 Å². The van der Waals surface area contributed by atoms with Crippen LogP contribution in [0.2, 0.25) is 0 Å². The third-order valence-corrected chi connectivity index (χ3v) is 3.72. The summed E-state index contributed by atoms with van der Waals surface area (Å²) in [6.45, 7) is 8.00. The number of amides is 2. The van der Waals surface area contributed by atoms with Crippen LogP contribution in [-0.4, -0.2) is 34.8 Å². The van der Waals surface area contributed by atoms with Gasteiger partial charge in [-0.25, -0.2) is 4.98 Å². The second-order valence-corrected chi connectivity index (χ2v) is 6.03. The first-order valence-electron chi connectivity index (χ1n) is 7.54. The van der Waals surface area contributed by atoms with Crippen LogP contribution in [0.1, 0.15) is 26.7 Å². The first-order valence-corrected chi connectivity index (χ1v) is 8.33. The van der Waals surface area contributed by atoms with Crippen molar-refractivity contribution in [2.75, 3.05) is 13.1 Å². The Morgan fingerprint density at radius 1 is 1.32 bits per heavy atom. The van der Waals surface area contributed by atoms with E-state index >= 15 is 0 Å². The second-order valence-electron chi connectivity index (χ2n) is 5.11. The van der Waals surface area contributed by atoms with Crippen molar-refractivity contribution in [2.45, 2.75) is 6.54 Å². The Hall–Kier alpha value is -2.67. The molecule has 0 aliphatic rings. The van der Waals surface area contributed by atoms with Gasteiger partial charge in [0.1, 0.15) is 6.26 Å². The van der Waals surface area contributed by atoms with Crippen LogP contribution < -0.4 is 5.32 Å². The van der Waals surface area contributed by atoms with Gasteiger partial charge in [0.2, 0.25) is 5.89 Å². The predicted molar refractivity (Wildman–Crippen MR) is 98.1 cm³/mol. The molecule has 2 rings (SSSR count). The summed E-state index contributed by atoms with van der Waals surface area (Å²) in [5.41, 5.74) is 0.692. The molecule has 0 spiro atoms. The molecule has 2 amide bonds. The molecular weight excluding hydrogens is 386 g/mol. The molecule has 1 aromatic carbocycles. The lowest BCUT2D eigenvalue weighted by atomic mass is 10.2. The standard InChI is InChI=1S/C18H18BrN3O3/c1-3-8-20-17(23)15-12-25-16(21-15)11-22(9-4-2)18(24)13-6-5-7-14(19)10-13/h3-7,10,12H,1-2,8-9,11H2,(H,20,23). The number of carbonyl (C=O) groups excluding carboxylic acids is 2. The van der Waals surface area contributed by atoms with E-state index in [4.69, 9.17) is 4.42 Å². The zero-order chi connectivity index (χ0) is 18.2. The van der Waals surface area contributed by atoms with Crippen LogP contribution >= 0.6 is 15.9 Å². The molecular formula is C18H18BrN3O3. The molecule has 1 aromatic heterocycles. The van der Waals surface area contributed by atoms with Crippen molar-refractivity contribution in [3.8, 4) is 0 Å². The average Bonchev–Trinajstić information content (AvgIpc) is 3.07. The lowest BCUT2D eigenvalue weighted by Crippen LogP contribution is -2.31. The first kappa shape index (κ1) is 18.7. The topological polar surface area (TPSA) is 75.4 Å². The van der Waals surface area contributed by atoms with Gasteiger partial charge in [0, 0.05) is 23.1 Å². The summed E-state index contributed by atoms with van der Waals surface area (Å²) < 4.78 is 6.13. The third-order valence-electron chi connectivity index (χ3n) is 3.23. The average molecular weight is 404 g/mol. The summed E-state index contributed by atoms with van der Waals surface area (Å²) in [5.74, 6) is -0.269. The molecule has 25 heavy (non-hydrogen) atoms. The molecule has 0 radical (unpaired) electrons. The van der Waals surface area contributed by atoms with E-state index in [-0.39, 0.29) is 29.9 Å². The van der Waals surface area contributed by atoms with Gasteiger partial charge in [-0.3, -0.25) is 9.59 Å². The van der Waals surface area contributed by atoms with Gasteiger partial charge in [-0.2, -0.15) is 0 Å². The summed E-state index contributed by atoms with van der Waals surface area (Å²) in [6.07, 6.45) is 4.46. The minimum Gasteiger partial charge on any atom is -0.446 e. The summed E-state index contributed by atoms with van der Waals surface area (Å²) in [5, 5.41) is 2.61. The largest absolute Gasteiger partial charge is 0.446 e. The van der Waals surface area contributed by atoms with E-state index in [9.17, 15) is 9.59 Å². The van der Waals surface area contributed by atoms with Crippen LogP contribution in [0.25, 0.3) is 0 Å². The number of oxazole rings is 1. The highest BCUT2D eigenvalue weighted by Crippen LogP contribution is 2.15. The fourth-order valence-electron chi connectivity index (χ4n) is 2.09. The maximum absolute atomic E-state index is 12.7. The van der Waals surface area contributed by atoms with Crippen LogP contribution in [0, 0.1) is 0 Å². The van der Waals surface area contributed by atoms with E-state index in [2.05, 4.69) is 39.4 Å². The summed E-state index contributed by atoms with van der Waals surface area (Å²) in [4.78, 5) is 30.2. The number of rotatable bonds is 8. The van der Waals surface area contributed by atoms with Gasteiger partial charge in [-0.15, -0.1) is 13.2 Å². The van der Waals surface area contributed by atoms with Crippen LogP contribution in [0.3, 0.4) is 0 Å². The monoisotopic (exact) mass is 403 g/mol. The van der Waals surface area contributed by atoms with E-state index in [1.165, 1.54) is 11.2 Å². The molecule has 0 saturated heterocycles. The summed E-state index contributed by atoms with van der Waals surface area (Å²) in [6, 6.07) is 7.10. The van der Waals surface area contributed by atoms with Crippen molar-refractivity contribution in [1.82, 2.24) is 15.2 Å². The number of halogens is 1. The smallest absolute Gasteiger partial charge is 0.273 e. The highest BCUT2D eigenvalue weighted by molar-refractivity contribution is 9.10. The van der Waals surface area contributed by atoms with Crippen molar-refractivity contribution in [2.24, 2.45) is 0 Å². The fraction of sp³-hybridized carbons (Fsp3) is 0.167. The highest BCUT2D eigenvalue weighted by Gasteiger charge is 2.19. The van der Waals surface area contributed by atoms with Gasteiger partial charge in [0.15, 0.2) is 5.69 Å². The van der Waals surface area contributed by atoms with Gasteiger partial charge in [0.05, 0.1) is 6.54 Å². The SMILES string of the molecule is C=CCNC(=O)c1coc(CN(CC=C)C(=O)c2cccc(Br)c2)n1. The third kappa shape index (κ3) is 5.15. The molecule has 0 aliphatic carbocycles. The minimum atomic E-state index is -0.358. The number of nitrogens with one attached hydrogen (secondary N) is 1. The second kappa shape index (κ2) is 8.98. The van der Waals surface area contributed by atoms with E-state index < -0.39 is 0 Å². The van der Waals surface area contributed by atoms with Crippen LogP contribution in [-0.2, 0) is 6.54 Å². The Morgan fingerprint density at radius 2 is 2.12 bits per heavy atom. The number of aromatic nitrogens is 1. The number of hydrogen-bond acceptors (Lipinski definition) is 4. The van der Waals surface area contributed by atoms with Crippen molar-refractivity contribution >= 4 is 27.7 Å². The molecule has 6 nitrogen and oxygen atoms in total. The number of benzene rings is 1. The maximum Gasteiger partial charge on any atom is 0.273 e. The molecule has 7 heteroatoms. The number of nitrogens with zero attached hydrogens (tertiary/aromatic N) is 2. The Kier molecular flexibility index (Phi) is 6.71. The van der Waals surface area contributed by atoms with Crippen LogP contribution in [0.15, 0.2) is 64.7 Å². The highest BCUT2D eigenvalue weighted by atomic mass is 79.9. The van der Waals surface area contributed by atoms with Crippen LogP contribution in [0.4, 0.5) is 0 Å². The first-order chi connectivity index (χ1) is 12.0. The molecule has 2 aromatic rings. The fourth-order valence-corrected chi connectivity index (χ4v) is 2.48. The van der Waals surface area contributed by atoms with E-state index in [0.29, 0.717) is 18.7 Å². The molecule has 0 aliphatic heterocycles. The van der Waals surface area contributed by atoms with E-state index in [0.717, 1.165) is 4.47 Å². The van der Waals surface area contributed by atoms with Crippen molar-refractivity contribution in [3.05, 3.63) is 77.5 Å². The Balaban J connectivity index is 2.12. The molecule has 0 bridgehead atoms. The molecule has 0 saturated carbocycles. The molecule has 0 atom stereocenters. The number of hydrogen-bond donors (Lipinski definition) is 1. The van der Waals surface area contributed by atoms with E-state index in [1.807, 2.05) is 6.07 Å². The van der Waals surface area contributed by atoms with Crippen LogP contribution in [0.5, 0.6) is 0 Å². The lowest BCUT2D eigenvalue weighted by Gasteiger charge is -2.19. The van der Waals surface area contributed by atoms with Gasteiger partial charge in [0.25, 0.3) is 11.8 Å². The van der Waals surface area contributed by atoms with Gasteiger partial charge in [-0.1, -0.05) is 34.1 Å². The summed E-state index contributed by atoms with van der Waals surface area (Å²) >= 11 is 3.35. The van der Waals surface area contributed by atoms with Gasteiger partial charge >= 0.3 is 0 Å². The van der Waals surface area contributed by atoms with Gasteiger partial charge in [-0.05, 0) is 18.2 Å². The van der Waals surface area contributed by atoms with Gasteiger partial charge < -0.3 is 14.6 Å². The zero-order valence-electron chi connectivity index (χ0n) is 13.6. The molecule has 130 valence electrons. The zero-order valence-corrected chi connectivity index (χ0v) is 15.2. The normalized spacial score (nSPS) is 10.1. The predicted octanol–water partition coefficient (Wildman–Crippen LogP) is 3.18. The molecule has 1 heterocycles. The Morgan fingerprint density at radius 3 is 2.80 bits per heavy atom. The quantitative estimate of drug-likeness (QED) is 0.686. The van der Waals surface area contributed by atoms with Crippen molar-refractivity contribution < 1.29 is 14.0 Å². The lowest BCUT2D eigenvalue weighted by molar-refractivity contribution is 0.0749. The minimum absolute atomic E-state index is 0.131. The Labute approximate surface area is 154 Å². The summed E-state index contributed by atoms with van der Waals surface area (Å²) in [7, 11) is 0. The van der Waals surface area contributed by atoms with E-state index in [1.54, 1.807) is 30.4 Å². The molecule has 0 fully saturated rings. The maximum atomic E-state index is 12.7. The molecule has 1 N–H and O–H groups in total. The van der Waals surface area contributed by atoms with Crippen molar-refractivity contribution in [1.29, 1.82) is 0 Å². The number of carbonyl (C=O) groups is 2. The molecule has 0 unspecified atom stereocenters. The Bertz CT molecular complexity index is 785.